The van der Waals surface area contributed by atoms with Crippen molar-refractivity contribution in [3.05, 3.63) is 53.6 Å². The fourth-order valence-electron chi connectivity index (χ4n) is 1.77. The molecule has 2 aromatic carbocycles. The molecule has 0 heterocycles. The zero-order valence-electron chi connectivity index (χ0n) is 11.8. The number of amides is 2. The number of hydrogen-bond acceptors (Lipinski definition) is 3. The van der Waals surface area contributed by atoms with Crippen LogP contribution in [0.5, 0.6) is 5.75 Å². The van der Waals surface area contributed by atoms with Crippen LogP contribution in [0, 0.1) is 13.8 Å². The van der Waals surface area contributed by atoms with Gasteiger partial charge in [-0.05, 0) is 49.2 Å². The summed E-state index contributed by atoms with van der Waals surface area (Å²) in [6.07, 6.45) is 0. The summed E-state index contributed by atoms with van der Waals surface area (Å²) in [5.41, 5.74) is 2.87. The Morgan fingerprint density at radius 2 is 1.57 bits per heavy atom. The van der Waals surface area contributed by atoms with E-state index < -0.39 is 11.8 Å². The number of aromatic hydroxyl groups is 1. The SMILES string of the molecule is Cc1ccc(NC(=O)C(=O)Nc2ccccc2O)cc1C. The molecule has 0 radical (unpaired) electrons. The molecule has 5 heteroatoms. The lowest BCUT2D eigenvalue weighted by molar-refractivity contribution is -0.133. The third-order valence-electron chi connectivity index (χ3n) is 3.12. The topological polar surface area (TPSA) is 78.4 Å². The van der Waals surface area contributed by atoms with Gasteiger partial charge in [-0.2, -0.15) is 0 Å². The molecule has 0 aliphatic heterocycles. The van der Waals surface area contributed by atoms with Crippen LogP contribution in [0.2, 0.25) is 0 Å². The molecule has 2 amide bonds. The van der Waals surface area contributed by atoms with Crippen LogP contribution in [-0.4, -0.2) is 16.9 Å². The summed E-state index contributed by atoms with van der Waals surface area (Å²) < 4.78 is 0. The molecule has 2 aromatic rings. The van der Waals surface area contributed by atoms with E-state index in [1.165, 1.54) is 12.1 Å². The third kappa shape index (κ3) is 3.60. The van der Waals surface area contributed by atoms with E-state index in [4.69, 9.17) is 0 Å². The summed E-state index contributed by atoms with van der Waals surface area (Å²) in [5, 5.41) is 14.4. The summed E-state index contributed by atoms with van der Waals surface area (Å²) in [4.78, 5) is 23.6. The zero-order chi connectivity index (χ0) is 15.4. The second kappa shape index (κ2) is 6.09. The van der Waals surface area contributed by atoms with Gasteiger partial charge in [-0.25, -0.2) is 0 Å². The predicted octanol–water partition coefficient (Wildman–Crippen LogP) is 2.59. The van der Waals surface area contributed by atoms with E-state index in [9.17, 15) is 14.7 Å². The van der Waals surface area contributed by atoms with Crippen LogP contribution in [0.3, 0.4) is 0 Å². The van der Waals surface area contributed by atoms with Gasteiger partial charge in [0.25, 0.3) is 0 Å². The number of carbonyl (C=O) groups is 2. The molecule has 2 rings (SSSR count). The minimum atomic E-state index is -0.838. The van der Waals surface area contributed by atoms with Crippen molar-refractivity contribution in [1.29, 1.82) is 0 Å². The van der Waals surface area contributed by atoms with Crippen molar-refractivity contribution in [2.45, 2.75) is 13.8 Å². The minimum Gasteiger partial charge on any atom is -0.506 e. The number of phenols is 1. The first-order valence-corrected chi connectivity index (χ1v) is 6.45. The maximum Gasteiger partial charge on any atom is 0.314 e. The Morgan fingerprint density at radius 1 is 0.905 bits per heavy atom. The van der Waals surface area contributed by atoms with Crippen molar-refractivity contribution < 1.29 is 14.7 Å². The van der Waals surface area contributed by atoms with E-state index in [2.05, 4.69) is 10.6 Å². The van der Waals surface area contributed by atoms with E-state index in [1.807, 2.05) is 19.9 Å². The fraction of sp³-hybridized carbons (Fsp3) is 0.125. The van der Waals surface area contributed by atoms with Gasteiger partial charge in [0, 0.05) is 5.69 Å². The summed E-state index contributed by atoms with van der Waals surface area (Å²) in [7, 11) is 0. The summed E-state index contributed by atoms with van der Waals surface area (Å²) in [5.74, 6) is -1.72. The Bertz CT molecular complexity index is 696. The molecule has 0 saturated carbocycles. The van der Waals surface area contributed by atoms with Gasteiger partial charge in [0.05, 0.1) is 5.69 Å². The average Bonchev–Trinajstić information content (AvgIpc) is 2.45. The molecule has 0 unspecified atom stereocenters. The highest BCUT2D eigenvalue weighted by Crippen LogP contribution is 2.21. The van der Waals surface area contributed by atoms with Gasteiger partial charge >= 0.3 is 11.8 Å². The average molecular weight is 284 g/mol. The molecule has 0 aliphatic carbocycles. The number of benzene rings is 2. The highest BCUT2D eigenvalue weighted by Gasteiger charge is 2.15. The molecule has 0 saturated heterocycles. The second-order valence-electron chi connectivity index (χ2n) is 4.72. The van der Waals surface area contributed by atoms with Crippen molar-refractivity contribution >= 4 is 23.2 Å². The first kappa shape index (κ1) is 14.6. The molecule has 5 nitrogen and oxygen atoms in total. The van der Waals surface area contributed by atoms with E-state index >= 15 is 0 Å². The van der Waals surface area contributed by atoms with Gasteiger partial charge in [-0.1, -0.05) is 18.2 Å². The van der Waals surface area contributed by atoms with Gasteiger partial charge in [0.1, 0.15) is 5.75 Å². The predicted molar refractivity (Wildman–Crippen MR) is 81.3 cm³/mol. The molecule has 0 spiro atoms. The molecule has 108 valence electrons. The summed E-state index contributed by atoms with van der Waals surface area (Å²) in [6, 6.07) is 11.6. The van der Waals surface area contributed by atoms with E-state index in [0.717, 1.165) is 11.1 Å². The lowest BCUT2D eigenvalue weighted by Gasteiger charge is -2.09. The first-order valence-electron chi connectivity index (χ1n) is 6.45. The molecular weight excluding hydrogens is 268 g/mol. The number of phenolic OH excluding ortho intramolecular Hbond substituents is 1. The Kier molecular flexibility index (Phi) is 4.23. The van der Waals surface area contributed by atoms with Crippen molar-refractivity contribution in [2.75, 3.05) is 10.6 Å². The summed E-state index contributed by atoms with van der Waals surface area (Å²) in [6.45, 7) is 3.89. The number of rotatable bonds is 2. The molecule has 3 N–H and O–H groups in total. The number of carbonyl (C=O) groups excluding carboxylic acids is 2. The van der Waals surface area contributed by atoms with Crippen molar-refractivity contribution in [3.63, 3.8) is 0 Å². The van der Waals surface area contributed by atoms with Crippen LogP contribution in [-0.2, 0) is 9.59 Å². The Labute approximate surface area is 122 Å². The van der Waals surface area contributed by atoms with Crippen LogP contribution in [0.15, 0.2) is 42.5 Å². The van der Waals surface area contributed by atoms with Gasteiger partial charge in [0.2, 0.25) is 0 Å². The normalized spacial score (nSPS) is 10.0. The maximum atomic E-state index is 11.8. The molecule has 21 heavy (non-hydrogen) atoms. The number of hydrogen-bond donors (Lipinski definition) is 3. The standard InChI is InChI=1S/C16H16N2O3/c1-10-7-8-12(9-11(10)2)17-15(20)16(21)18-13-5-3-4-6-14(13)19/h3-9,19H,1-2H3,(H,17,20)(H,18,21). The highest BCUT2D eigenvalue weighted by molar-refractivity contribution is 6.43. The molecule has 0 bridgehead atoms. The Hall–Kier alpha value is -2.82. The zero-order valence-corrected chi connectivity index (χ0v) is 11.8. The number of aryl methyl sites for hydroxylation is 2. The largest absolute Gasteiger partial charge is 0.506 e. The summed E-state index contributed by atoms with van der Waals surface area (Å²) >= 11 is 0. The monoisotopic (exact) mass is 284 g/mol. The smallest absolute Gasteiger partial charge is 0.314 e. The second-order valence-corrected chi connectivity index (χ2v) is 4.72. The molecule has 0 atom stereocenters. The molecule has 0 aromatic heterocycles. The van der Waals surface area contributed by atoms with Crippen molar-refractivity contribution in [3.8, 4) is 5.75 Å². The first-order chi connectivity index (χ1) is 9.97. The molecule has 0 aliphatic rings. The lowest BCUT2D eigenvalue weighted by Crippen LogP contribution is -2.29. The van der Waals surface area contributed by atoms with Crippen LogP contribution in [0.25, 0.3) is 0 Å². The van der Waals surface area contributed by atoms with Crippen molar-refractivity contribution in [1.82, 2.24) is 0 Å². The number of nitrogens with one attached hydrogen (secondary N) is 2. The van der Waals surface area contributed by atoms with Gasteiger partial charge in [-0.3, -0.25) is 9.59 Å². The lowest BCUT2D eigenvalue weighted by atomic mass is 10.1. The van der Waals surface area contributed by atoms with E-state index in [-0.39, 0.29) is 11.4 Å². The molecule has 0 fully saturated rings. The Morgan fingerprint density at radius 3 is 2.24 bits per heavy atom. The minimum absolute atomic E-state index is 0.0927. The quantitative estimate of drug-likeness (QED) is 0.586. The van der Waals surface area contributed by atoms with Gasteiger partial charge < -0.3 is 15.7 Å². The van der Waals surface area contributed by atoms with Crippen LogP contribution < -0.4 is 10.6 Å². The van der Waals surface area contributed by atoms with Gasteiger partial charge in [0.15, 0.2) is 0 Å². The van der Waals surface area contributed by atoms with Crippen LogP contribution in [0.1, 0.15) is 11.1 Å². The highest BCUT2D eigenvalue weighted by atomic mass is 16.3. The van der Waals surface area contributed by atoms with Gasteiger partial charge in [-0.15, -0.1) is 0 Å². The number of para-hydroxylation sites is 2. The Balaban J connectivity index is 2.04. The van der Waals surface area contributed by atoms with Crippen molar-refractivity contribution in [2.24, 2.45) is 0 Å². The van der Waals surface area contributed by atoms with Crippen LogP contribution in [0.4, 0.5) is 11.4 Å². The third-order valence-corrected chi connectivity index (χ3v) is 3.12. The van der Waals surface area contributed by atoms with E-state index in [0.29, 0.717) is 5.69 Å². The number of anilines is 2. The van der Waals surface area contributed by atoms with E-state index in [1.54, 1.807) is 24.3 Å². The van der Waals surface area contributed by atoms with Crippen LogP contribution >= 0.6 is 0 Å². The maximum absolute atomic E-state index is 11.8. The fourth-order valence-corrected chi connectivity index (χ4v) is 1.77. The molecular formula is C16H16N2O3.